The Bertz CT molecular complexity index is 516. The summed E-state index contributed by atoms with van der Waals surface area (Å²) in [4.78, 5) is 19.2. The molecule has 126 valence electrons. The predicted octanol–water partition coefficient (Wildman–Crippen LogP) is 2.49. The van der Waals surface area contributed by atoms with Gasteiger partial charge in [0.15, 0.2) is 0 Å². The van der Waals surface area contributed by atoms with Crippen LogP contribution in [-0.4, -0.2) is 48.5 Å². The zero-order valence-corrected chi connectivity index (χ0v) is 15.0. The van der Waals surface area contributed by atoms with E-state index < -0.39 is 0 Å². The molecule has 2 N–H and O–H groups in total. The number of halogens is 1. The van der Waals surface area contributed by atoms with Crippen molar-refractivity contribution in [2.24, 2.45) is 11.8 Å². The normalized spacial score (nSPS) is 26.0. The van der Waals surface area contributed by atoms with E-state index in [1.807, 2.05) is 12.1 Å². The molecule has 2 unspecified atom stereocenters. The number of likely N-dealkylation sites (tertiary alicyclic amines) is 1. The lowest BCUT2D eigenvalue weighted by Gasteiger charge is -2.35. The van der Waals surface area contributed by atoms with Crippen molar-refractivity contribution in [1.82, 2.24) is 15.2 Å². The largest absolute Gasteiger partial charge is 0.316 e. The number of nitrogens with one attached hydrogen (secondary N) is 2. The summed E-state index contributed by atoms with van der Waals surface area (Å²) >= 11 is 3.36. The highest BCUT2D eigenvalue weighted by atomic mass is 79.9. The standard InChI is InChI=1S/C17H25BrN4O/c18-15-5-6-16(20-10-15)21-17(23)14-4-2-8-22(12-14)11-13-3-1-7-19-9-13/h5-6,10,13-14,19H,1-4,7-9,11-12H2,(H,20,21,23). The van der Waals surface area contributed by atoms with E-state index in [0.717, 1.165) is 56.0 Å². The lowest BCUT2D eigenvalue weighted by molar-refractivity contribution is -0.121. The maximum atomic E-state index is 12.5. The molecule has 2 aliphatic rings. The first-order valence-corrected chi connectivity index (χ1v) is 9.35. The number of anilines is 1. The molecule has 23 heavy (non-hydrogen) atoms. The van der Waals surface area contributed by atoms with Crippen LogP contribution in [0.3, 0.4) is 0 Å². The minimum atomic E-state index is 0.0748. The van der Waals surface area contributed by atoms with Crippen LogP contribution in [0.2, 0.25) is 0 Å². The molecule has 3 rings (SSSR count). The van der Waals surface area contributed by atoms with Gasteiger partial charge in [0.25, 0.3) is 0 Å². The van der Waals surface area contributed by atoms with Crippen molar-refractivity contribution in [3.05, 3.63) is 22.8 Å². The Kier molecular flexibility index (Phi) is 6.02. The van der Waals surface area contributed by atoms with Crippen LogP contribution >= 0.6 is 15.9 Å². The molecule has 5 nitrogen and oxygen atoms in total. The molecule has 0 saturated carbocycles. The number of nitrogens with zero attached hydrogens (tertiary/aromatic N) is 2. The summed E-state index contributed by atoms with van der Waals surface area (Å²) in [5.74, 6) is 1.54. The van der Waals surface area contributed by atoms with Crippen LogP contribution in [-0.2, 0) is 4.79 Å². The summed E-state index contributed by atoms with van der Waals surface area (Å²) in [5.41, 5.74) is 0. The number of hydrogen-bond donors (Lipinski definition) is 2. The first-order chi connectivity index (χ1) is 11.2. The average Bonchev–Trinajstić information content (AvgIpc) is 2.58. The van der Waals surface area contributed by atoms with Crippen LogP contribution in [0.5, 0.6) is 0 Å². The van der Waals surface area contributed by atoms with Gasteiger partial charge in [0.1, 0.15) is 5.82 Å². The van der Waals surface area contributed by atoms with E-state index in [0.29, 0.717) is 5.82 Å². The van der Waals surface area contributed by atoms with Crippen molar-refractivity contribution in [3.8, 4) is 0 Å². The van der Waals surface area contributed by atoms with Crippen LogP contribution in [0.25, 0.3) is 0 Å². The van der Waals surface area contributed by atoms with Crippen molar-refractivity contribution in [1.29, 1.82) is 0 Å². The smallest absolute Gasteiger partial charge is 0.229 e. The molecule has 0 aliphatic carbocycles. The second kappa shape index (κ2) is 8.22. The number of carbonyl (C=O) groups excluding carboxylic acids is 1. The second-order valence-electron chi connectivity index (χ2n) is 6.66. The van der Waals surface area contributed by atoms with Crippen LogP contribution in [0.1, 0.15) is 25.7 Å². The van der Waals surface area contributed by atoms with Gasteiger partial charge in [-0.1, -0.05) is 0 Å². The van der Waals surface area contributed by atoms with E-state index in [2.05, 4.69) is 36.4 Å². The fraction of sp³-hybridized carbons (Fsp3) is 0.647. The van der Waals surface area contributed by atoms with Gasteiger partial charge in [0.2, 0.25) is 5.91 Å². The molecular formula is C17H25BrN4O. The summed E-state index contributed by atoms with van der Waals surface area (Å²) in [6.45, 7) is 5.39. The van der Waals surface area contributed by atoms with E-state index in [4.69, 9.17) is 0 Å². The summed E-state index contributed by atoms with van der Waals surface area (Å²) in [6.07, 6.45) is 6.37. The maximum absolute atomic E-state index is 12.5. The first kappa shape index (κ1) is 16.9. The molecule has 0 radical (unpaired) electrons. The highest BCUT2D eigenvalue weighted by Gasteiger charge is 2.27. The van der Waals surface area contributed by atoms with Crippen molar-refractivity contribution < 1.29 is 4.79 Å². The van der Waals surface area contributed by atoms with Gasteiger partial charge in [-0.3, -0.25) is 4.79 Å². The van der Waals surface area contributed by atoms with E-state index in [-0.39, 0.29) is 11.8 Å². The summed E-state index contributed by atoms with van der Waals surface area (Å²) in [7, 11) is 0. The molecule has 2 fully saturated rings. The molecule has 3 heterocycles. The van der Waals surface area contributed by atoms with Crippen molar-refractivity contribution in [2.75, 3.05) is 38.0 Å². The number of carbonyl (C=O) groups is 1. The molecule has 1 aromatic heterocycles. The quantitative estimate of drug-likeness (QED) is 0.842. The monoisotopic (exact) mass is 380 g/mol. The molecule has 2 aliphatic heterocycles. The van der Waals surface area contributed by atoms with Gasteiger partial charge >= 0.3 is 0 Å². The van der Waals surface area contributed by atoms with E-state index in [1.54, 1.807) is 6.20 Å². The molecule has 1 amide bonds. The van der Waals surface area contributed by atoms with Crippen molar-refractivity contribution >= 4 is 27.7 Å². The third kappa shape index (κ3) is 4.99. The fourth-order valence-electron chi connectivity index (χ4n) is 3.56. The Labute approximate surface area is 146 Å². The minimum Gasteiger partial charge on any atom is -0.316 e. The minimum absolute atomic E-state index is 0.0748. The zero-order valence-electron chi connectivity index (χ0n) is 13.4. The van der Waals surface area contributed by atoms with Gasteiger partial charge in [0.05, 0.1) is 5.92 Å². The Morgan fingerprint density at radius 1 is 1.39 bits per heavy atom. The molecule has 0 aromatic carbocycles. The molecule has 6 heteroatoms. The summed E-state index contributed by atoms with van der Waals surface area (Å²) in [5, 5.41) is 6.43. The van der Waals surface area contributed by atoms with Gasteiger partial charge in [-0.15, -0.1) is 0 Å². The number of piperidine rings is 2. The molecule has 1 aromatic rings. The summed E-state index contributed by atoms with van der Waals surface area (Å²) in [6, 6.07) is 3.72. The SMILES string of the molecule is O=C(Nc1ccc(Br)cn1)C1CCCN(CC2CCCNC2)C1. The molecule has 0 bridgehead atoms. The third-order valence-electron chi connectivity index (χ3n) is 4.77. The van der Waals surface area contributed by atoms with E-state index >= 15 is 0 Å². The molecule has 0 spiro atoms. The lowest BCUT2D eigenvalue weighted by Crippen LogP contribution is -2.45. The van der Waals surface area contributed by atoms with Crippen LogP contribution < -0.4 is 10.6 Å². The lowest BCUT2D eigenvalue weighted by atomic mass is 9.94. The fourth-order valence-corrected chi connectivity index (χ4v) is 3.79. The van der Waals surface area contributed by atoms with Crippen molar-refractivity contribution in [3.63, 3.8) is 0 Å². The van der Waals surface area contributed by atoms with Gasteiger partial charge in [-0.25, -0.2) is 4.98 Å². The zero-order chi connectivity index (χ0) is 16.1. The summed E-state index contributed by atoms with van der Waals surface area (Å²) < 4.78 is 0.917. The topological polar surface area (TPSA) is 57.3 Å². The number of aromatic nitrogens is 1. The Balaban J connectivity index is 1.50. The Morgan fingerprint density at radius 2 is 2.30 bits per heavy atom. The van der Waals surface area contributed by atoms with Gasteiger partial charge in [-0.05, 0) is 79.3 Å². The van der Waals surface area contributed by atoms with Gasteiger partial charge in [0, 0.05) is 23.8 Å². The number of pyridine rings is 1. The van der Waals surface area contributed by atoms with E-state index in [9.17, 15) is 4.79 Å². The van der Waals surface area contributed by atoms with E-state index in [1.165, 1.54) is 12.8 Å². The van der Waals surface area contributed by atoms with Crippen molar-refractivity contribution in [2.45, 2.75) is 25.7 Å². The molecule has 2 atom stereocenters. The maximum Gasteiger partial charge on any atom is 0.229 e. The average molecular weight is 381 g/mol. The highest BCUT2D eigenvalue weighted by molar-refractivity contribution is 9.10. The Morgan fingerprint density at radius 3 is 3.04 bits per heavy atom. The Hall–Kier alpha value is -0.980. The predicted molar refractivity (Wildman–Crippen MR) is 95.3 cm³/mol. The van der Waals surface area contributed by atoms with Crippen LogP contribution in [0, 0.1) is 11.8 Å². The molecular weight excluding hydrogens is 356 g/mol. The number of amides is 1. The third-order valence-corrected chi connectivity index (χ3v) is 5.24. The highest BCUT2D eigenvalue weighted by Crippen LogP contribution is 2.21. The van der Waals surface area contributed by atoms with Crippen LogP contribution in [0.4, 0.5) is 5.82 Å². The number of hydrogen-bond acceptors (Lipinski definition) is 4. The second-order valence-corrected chi connectivity index (χ2v) is 7.58. The number of rotatable bonds is 4. The first-order valence-electron chi connectivity index (χ1n) is 8.56. The van der Waals surface area contributed by atoms with Crippen LogP contribution in [0.15, 0.2) is 22.8 Å². The molecule has 2 saturated heterocycles. The van der Waals surface area contributed by atoms with Gasteiger partial charge in [-0.2, -0.15) is 0 Å². The van der Waals surface area contributed by atoms with Gasteiger partial charge < -0.3 is 15.5 Å².